The fraction of sp³-hybridized carbons (Fsp3) is 0.333. The molecule has 0 saturated heterocycles. The molecule has 0 aromatic heterocycles. The molecule has 0 unspecified atom stereocenters. The molecule has 0 radical (unpaired) electrons. The first kappa shape index (κ1) is 16.8. The van der Waals surface area contributed by atoms with Crippen LogP contribution in [0.1, 0.15) is 36.5 Å². The Morgan fingerprint density at radius 2 is 2.10 bits per heavy atom. The predicted molar refractivity (Wildman–Crippen MR) is 73.0 cm³/mol. The summed E-state index contributed by atoms with van der Waals surface area (Å²) in [6.45, 7) is 1.93. The van der Waals surface area contributed by atoms with Gasteiger partial charge in [0.2, 0.25) is 0 Å². The number of hydrogen-bond acceptors (Lipinski definition) is 3. The average Bonchev–Trinajstić information content (AvgIpc) is 2.43. The quantitative estimate of drug-likeness (QED) is 0.620. The van der Waals surface area contributed by atoms with E-state index in [2.05, 4.69) is 0 Å². The van der Waals surface area contributed by atoms with Crippen molar-refractivity contribution in [3.8, 4) is 0 Å². The van der Waals surface area contributed by atoms with Gasteiger partial charge in [-0.25, -0.2) is 13.6 Å². The minimum atomic E-state index is -2.62. The van der Waals surface area contributed by atoms with Gasteiger partial charge in [-0.2, -0.15) is 0 Å². The van der Waals surface area contributed by atoms with Gasteiger partial charge < -0.3 is 9.84 Å². The second-order valence-corrected chi connectivity index (χ2v) is 4.24. The van der Waals surface area contributed by atoms with Gasteiger partial charge in [-0.1, -0.05) is 12.1 Å². The first-order valence-corrected chi connectivity index (χ1v) is 6.41. The zero-order valence-corrected chi connectivity index (χ0v) is 11.5. The van der Waals surface area contributed by atoms with E-state index >= 15 is 0 Å². The Kier molecular flexibility index (Phi) is 6.52. The molecule has 0 aliphatic rings. The Morgan fingerprint density at radius 1 is 1.38 bits per heavy atom. The Labute approximate surface area is 121 Å². The van der Waals surface area contributed by atoms with Gasteiger partial charge in [0.05, 0.1) is 6.61 Å². The van der Waals surface area contributed by atoms with Gasteiger partial charge in [-0.05, 0) is 36.6 Å². The molecule has 0 amide bonds. The van der Waals surface area contributed by atoms with Gasteiger partial charge in [0, 0.05) is 18.1 Å². The number of carboxylic acids is 1. The van der Waals surface area contributed by atoms with E-state index in [0.717, 1.165) is 6.08 Å². The highest BCUT2D eigenvalue weighted by molar-refractivity contribution is 5.85. The number of benzene rings is 1. The van der Waals surface area contributed by atoms with Gasteiger partial charge in [-0.3, -0.25) is 4.79 Å². The lowest BCUT2D eigenvalue weighted by Gasteiger charge is -2.09. The summed E-state index contributed by atoms with van der Waals surface area (Å²) in [6.07, 6.45) is -0.125. The third kappa shape index (κ3) is 5.72. The molecule has 114 valence electrons. The number of hydrogen-bond donors (Lipinski definition) is 1. The van der Waals surface area contributed by atoms with E-state index in [1.165, 1.54) is 24.3 Å². The number of carbonyl (C=O) groups is 2. The summed E-state index contributed by atoms with van der Waals surface area (Å²) in [5.41, 5.74) is 0.811. The van der Waals surface area contributed by atoms with Gasteiger partial charge in [-0.15, -0.1) is 0 Å². The lowest BCUT2D eigenvalue weighted by Crippen LogP contribution is -2.06. The minimum absolute atomic E-state index is 0.0500. The topological polar surface area (TPSA) is 63.6 Å². The maximum Gasteiger partial charge on any atom is 0.328 e. The van der Waals surface area contributed by atoms with Crippen LogP contribution in [0.2, 0.25) is 0 Å². The molecule has 0 atom stereocenters. The first-order chi connectivity index (χ1) is 9.93. The maximum absolute atomic E-state index is 12.7. The normalized spacial score (nSPS) is 11.0. The van der Waals surface area contributed by atoms with Crippen LogP contribution in [-0.2, 0) is 20.7 Å². The van der Waals surface area contributed by atoms with Crippen molar-refractivity contribution in [2.24, 2.45) is 0 Å². The zero-order chi connectivity index (χ0) is 15.8. The summed E-state index contributed by atoms with van der Waals surface area (Å²) >= 11 is 0. The largest absolute Gasteiger partial charge is 0.478 e. The lowest BCUT2D eigenvalue weighted by atomic mass is 9.99. The highest BCUT2D eigenvalue weighted by Crippen LogP contribution is 2.23. The molecule has 0 spiro atoms. The van der Waals surface area contributed by atoms with Crippen molar-refractivity contribution in [2.45, 2.75) is 26.2 Å². The lowest BCUT2D eigenvalue weighted by molar-refractivity contribution is -0.143. The van der Waals surface area contributed by atoms with E-state index in [4.69, 9.17) is 9.84 Å². The predicted octanol–water partition coefficient (Wildman–Crippen LogP) is 3.22. The van der Waals surface area contributed by atoms with Crippen LogP contribution in [0.5, 0.6) is 0 Å². The number of esters is 1. The maximum atomic E-state index is 12.7. The second-order valence-electron chi connectivity index (χ2n) is 4.24. The summed E-state index contributed by atoms with van der Waals surface area (Å²) in [4.78, 5) is 21.9. The molecule has 0 aliphatic heterocycles. The van der Waals surface area contributed by atoms with Crippen molar-refractivity contribution in [1.29, 1.82) is 0 Å². The molecule has 0 heterocycles. The van der Waals surface area contributed by atoms with Crippen molar-refractivity contribution in [2.75, 3.05) is 6.61 Å². The fourth-order valence-corrected chi connectivity index (χ4v) is 1.77. The van der Waals surface area contributed by atoms with Crippen molar-refractivity contribution >= 4 is 18.0 Å². The van der Waals surface area contributed by atoms with Crippen LogP contribution in [0.25, 0.3) is 6.08 Å². The molecule has 21 heavy (non-hydrogen) atoms. The summed E-state index contributed by atoms with van der Waals surface area (Å²) in [5.74, 6) is -1.56. The molecule has 0 saturated carbocycles. The molecular weight excluding hydrogens is 282 g/mol. The molecular formula is C15H16F2O4. The molecule has 1 rings (SSSR count). The molecule has 0 bridgehead atoms. The van der Waals surface area contributed by atoms with Crippen LogP contribution in [0, 0.1) is 0 Å². The van der Waals surface area contributed by atoms with E-state index in [9.17, 15) is 18.4 Å². The van der Waals surface area contributed by atoms with Crippen molar-refractivity contribution in [3.63, 3.8) is 0 Å². The van der Waals surface area contributed by atoms with Crippen LogP contribution in [-0.4, -0.2) is 23.7 Å². The third-order valence-corrected chi connectivity index (χ3v) is 2.73. The molecule has 6 heteroatoms. The standard InChI is InChI=1S/C15H16F2O4/c1-2-21-14(20)8-6-11-9-12(15(16)17)4-3-10(11)5-7-13(18)19/h3-5,7,9,15H,2,6,8H2,1H3,(H,18,19)/b7-5+. The van der Waals surface area contributed by atoms with Gasteiger partial charge in [0.1, 0.15) is 0 Å². The number of aliphatic carboxylic acids is 1. The van der Waals surface area contributed by atoms with Gasteiger partial charge >= 0.3 is 11.9 Å². The smallest absolute Gasteiger partial charge is 0.328 e. The molecule has 0 aliphatic carbocycles. The van der Waals surface area contributed by atoms with Crippen LogP contribution in [0.3, 0.4) is 0 Å². The SMILES string of the molecule is CCOC(=O)CCc1cc(C(F)F)ccc1/C=C/C(=O)O. The fourth-order valence-electron chi connectivity index (χ4n) is 1.77. The minimum Gasteiger partial charge on any atom is -0.478 e. The number of aryl methyl sites for hydroxylation is 1. The molecule has 0 fully saturated rings. The third-order valence-electron chi connectivity index (χ3n) is 2.73. The second kappa shape index (κ2) is 8.14. The van der Waals surface area contributed by atoms with Crippen molar-refractivity contribution in [1.82, 2.24) is 0 Å². The number of halogens is 2. The first-order valence-electron chi connectivity index (χ1n) is 6.41. The van der Waals surface area contributed by atoms with Crippen LogP contribution >= 0.6 is 0 Å². The molecule has 4 nitrogen and oxygen atoms in total. The molecule has 1 N–H and O–H groups in total. The Hall–Kier alpha value is -2.24. The molecule has 1 aromatic carbocycles. The molecule has 1 aromatic rings. The highest BCUT2D eigenvalue weighted by Gasteiger charge is 2.11. The van der Waals surface area contributed by atoms with Crippen molar-refractivity contribution in [3.05, 3.63) is 41.0 Å². The monoisotopic (exact) mass is 298 g/mol. The van der Waals surface area contributed by atoms with E-state index in [0.29, 0.717) is 11.1 Å². The van der Waals surface area contributed by atoms with Crippen LogP contribution in [0.15, 0.2) is 24.3 Å². The summed E-state index contributed by atoms with van der Waals surface area (Å²) in [6, 6.07) is 3.94. The summed E-state index contributed by atoms with van der Waals surface area (Å²) < 4.78 is 30.2. The van der Waals surface area contributed by atoms with Gasteiger partial charge in [0.25, 0.3) is 6.43 Å². The van der Waals surface area contributed by atoms with E-state index in [1.807, 2.05) is 0 Å². The number of ether oxygens (including phenoxy) is 1. The number of alkyl halides is 2. The van der Waals surface area contributed by atoms with E-state index in [-0.39, 0.29) is 25.0 Å². The van der Waals surface area contributed by atoms with Crippen molar-refractivity contribution < 1.29 is 28.2 Å². The number of carboxylic acid groups (broad SMARTS) is 1. The number of carbonyl (C=O) groups excluding carboxylic acids is 1. The van der Waals surface area contributed by atoms with Gasteiger partial charge in [0.15, 0.2) is 0 Å². The Bertz CT molecular complexity index is 538. The van der Waals surface area contributed by atoms with Crippen LogP contribution in [0.4, 0.5) is 8.78 Å². The number of rotatable bonds is 7. The summed E-state index contributed by atoms with van der Waals surface area (Å²) in [7, 11) is 0. The van der Waals surface area contributed by atoms with E-state index < -0.39 is 18.4 Å². The van der Waals surface area contributed by atoms with E-state index in [1.54, 1.807) is 6.92 Å². The average molecular weight is 298 g/mol. The Balaban J connectivity index is 2.96. The van der Waals surface area contributed by atoms with Crippen LogP contribution < -0.4 is 0 Å². The highest BCUT2D eigenvalue weighted by atomic mass is 19.3. The zero-order valence-electron chi connectivity index (χ0n) is 11.5. The Morgan fingerprint density at radius 3 is 2.67 bits per heavy atom. The summed E-state index contributed by atoms with van der Waals surface area (Å²) in [5, 5.41) is 8.62.